The number of para-hydroxylation sites is 2. The predicted molar refractivity (Wildman–Crippen MR) is 146 cm³/mol. The molecular formula is C29H32FN3O3S. The standard InChI is InChI=1S/C29H32FN3O3S/c1-36-24-13-8-5-9-20(24)28(35)27-21-10-3-2-4-14-25(21)37-29(27)31-26(34)19-32-15-17-33(18-16-32)23-12-7-6-11-22(23)30/h5-9,11-13H,2-4,10,14-19H2,1H3,(H,31,34). The second kappa shape index (κ2) is 11.4. The van der Waals surface area contributed by atoms with Gasteiger partial charge < -0.3 is 15.0 Å². The van der Waals surface area contributed by atoms with Crippen LogP contribution in [0.25, 0.3) is 0 Å². The molecule has 1 aliphatic carbocycles. The van der Waals surface area contributed by atoms with Gasteiger partial charge in [0.1, 0.15) is 16.6 Å². The fourth-order valence-electron chi connectivity index (χ4n) is 5.26. The molecule has 1 aliphatic heterocycles. The molecule has 2 heterocycles. The van der Waals surface area contributed by atoms with Crippen molar-refractivity contribution in [3.8, 4) is 5.75 Å². The van der Waals surface area contributed by atoms with Gasteiger partial charge in [-0.2, -0.15) is 0 Å². The van der Waals surface area contributed by atoms with Crippen LogP contribution in [0.15, 0.2) is 48.5 Å². The number of ether oxygens (including phenoxy) is 1. The molecule has 1 aromatic heterocycles. The summed E-state index contributed by atoms with van der Waals surface area (Å²) in [5.41, 5.74) is 2.80. The van der Waals surface area contributed by atoms with E-state index in [0.29, 0.717) is 53.7 Å². The van der Waals surface area contributed by atoms with Gasteiger partial charge in [0.25, 0.3) is 0 Å². The molecule has 1 fully saturated rings. The molecule has 0 bridgehead atoms. The van der Waals surface area contributed by atoms with Gasteiger partial charge in [0.05, 0.1) is 30.5 Å². The van der Waals surface area contributed by atoms with Crippen molar-refractivity contribution in [1.29, 1.82) is 0 Å². The lowest BCUT2D eigenvalue weighted by Crippen LogP contribution is -2.48. The lowest BCUT2D eigenvalue weighted by molar-refractivity contribution is -0.117. The van der Waals surface area contributed by atoms with Crippen molar-refractivity contribution < 1.29 is 18.7 Å². The van der Waals surface area contributed by atoms with Gasteiger partial charge in [0.2, 0.25) is 5.91 Å². The molecule has 0 saturated carbocycles. The molecule has 2 aromatic carbocycles. The minimum absolute atomic E-state index is 0.106. The first-order valence-electron chi connectivity index (χ1n) is 12.9. The van der Waals surface area contributed by atoms with Crippen LogP contribution in [0.5, 0.6) is 5.75 Å². The van der Waals surface area contributed by atoms with Crippen LogP contribution in [0.3, 0.4) is 0 Å². The number of carbonyl (C=O) groups is 2. The van der Waals surface area contributed by atoms with Crippen molar-refractivity contribution >= 4 is 33.7 Å². The highest BCUT2D eigenvalue weighted by atomic mass is 32.1. The Labute approximate surface area is 221 Å². The van der Waals surface area contributed by atoms with Crippen LogP contribution in [0, 0.1) is 5.82 Å². The average molecular weight is 522 g/mol. The van der Waals surface area contributed by atoms with E-state index >= 15 is 0 Å². The van der Waals surface area contributed by atoms with E-state index in [1.807, 2.05) is 23.1 Å². The Kier molecular flexibility index (Phi) is 7.86. The Balaban J connectivity index is 1.31. The number of hydrogen-bond donors (Lipinski definition) is 1. The van der Waals surface area contributed by atoms with Crippen LogP contribution < -0.4 is 15.0 Å². The topological polar surface area (TPSA) is 61.9 Å². The molecule has 2 aliphatic rings. The first-order chi connectivity index (χ1) is 18.0. The zero-order valence-electron chi connectivity index (χ0n) is 21.1. The van der Waals surface area contributed by atoms with E-state index in [2.05, 4.69) is 10.2 Å². The number of nitrogens with zero attached hydrogens (tertiary/aromatic N) is 2. The molecule has 1 amide bonds. The summed E-state index contributed by atoms with van der Waals surface area (Å²) in [7, 11) is 1.56. The fourth-order valence-corrected chi connectivity index (χ4v) is 6.57. The van der Waals surface area contributed by atoms with Gasteiger partial charge in [-0.05, 0) is 55.5 Å². The molecule has 1 saturated heterocycles. The zero-order valence-corrected chi connectivity index (χ0v) is 21.9. The second-order valence-corrected chi connectivity index (χ2v) is 10.7. The van der Waals surface area contributed by atoms with Crippen molar-refractivity contribution in [1.82, 2.24) is 4.90 Å². The SMILES string of the molecule is COc1ccccc1C(=O)c1c(NC(=O)CN2CCN(c3ccccc3F)CC2)sc2c1CCCCC2. The predicted octanol–water partition coefficient (Wildman–Crippen LogP) is 5.16. The van der Waals surface area contributed by atoms with Crippen molar-refractivity contribution in [2.24, 2.45) is 0 Å². The first-order valence-corrected chi connectivity index (χ1v) is 13.7. The molecular weight excluding hydrogens is 489 g/mol. The molecule has 194 valence electrons. The van der Waals surface area contributed by atoms with E-state index in [-0.39, 0.29) is 24.1 Å². The number of halogens is 1. The molecule has 0 spiro atoms. The number of anilines is 2. The van der Waals surface area contributed by atoms with Gasteiger partial charge >= 0.3 is 0 Å². The molecule has 37 heavy (non-hydrogen) atoms. The van der Waals surface area contributed by atoms with Gasteiger partial charge in [-0.3, -0.25) is 14.5 Å². The zero-order chi connectivity index (χ0) is 25.8. The number of thiophene rings is 1. The number of methoxy groups -OCH3 is 1. The van der Waals surface area contributed by atoms with E-state index in [9.17, 15) is 14.0 Å². The highest BCUT2D eigenvalue weighted by Crippen LogP contribution is 2.39. The largest absolute Gasteiger partial charge is 0.496 e. The van der Waals surface area contributed by atoms with Gasteiger partial charge in [-0.15, -0.1) is 11.3 Å². The monoisotopic (exact) mass is 521 g/mol. The molecule has 0 unspecified atom stereocenters. The summed E-state index contributed by atoms with van der Waals surface area (Å²) in [5, 5.41) is 3.72. The Morgan fingerprint density at radius 1 is 0.973 bits per heavy atom. The van der Waals surface area contributed by atoms with Gasteiger partial charge in [-0.25, -0.2) is 4.39 Å². The summed E-state index contributed by atoms with van der Waals surface area (Å²) in [5.74, 6) is 0.0694. The van der Waals surface area contributed by atoms with Gasteiger partial charge in [0.15, 0.2) is 5.78 Å². The van der Waals surface area contributed by atoms with Gasteiger partial charge in [-0.1, -0.05) is 30.7 Å². The summed E-state index contributed by atoms with van der Waals surface area (Å²) in [6.07, 6.45) is 5.05. The molecule has 1 N–H and O–H groups in total. The molecule has 3 aromatic rings. The van der Waals surface area contributed by atoms with Crippen molar-refractivity contribution in [3.63, 3.8) is 0 Å². The van der Waals surface area contributed by atoms with Crippen molar-refractivity contribution in [3.05, 3.63) is 75.9 Å². The van der Waals surface area contributed by atoms with E-state index in [4.69, 9.17) is 4.74 Å². The summed E-state index contributed by atoms with van der Waals surface area (Å²) < 4.78 is 19.6. The van der Waals surface area contributed by atoms with Gasteiger partial charge in [0, 0.05) is 31.1 Å². The third-order valence-electron chi connectivity index (χ3n) is 7.19. The second-order valence-electron chi connectivity index (χ2n) is 9.56. The normalized spacial score (nSPS) is 16.1. The highest BCUT2D eigenvalue weighted by Gasteiger charge is 2.28. The molecule has 0 radical (unpaired) electrons. The number of fused-ring (bicyclic) bond motifs is 1. The number of carbonyl (C=O) groups excluding carboxylic acids is 2. The summed E-state index contributed by atoms with van der Waals surface area (Å²) >= 11 is 1.54. The molecule has 5 rings (SSSR count). The molecule has 8 heteroatoms. The average Bonchev–Trinajstić information content (AvgIpc) is 3.08. The van der Waals surface area contributed by atoms with Crippen LogP contribution in [-0.2, 0) is 17.6 Å². The maximum absolute atomic E-state index is 14.2. The van der Waals surface area contributed by atoms with Crippen LogP contribution in [-0.4, -0.2) is 56.4 Å². The van der Waals surface area contributed by atoms with Crippen LogP contribution in [0.4, 0.5) is 15.1 Å². The molecule has 6 nitrogen and oxygen atoms in total. The van der Waals surface area contributed by atoms with Crippen LogP contribution >= 0.6 is 11.3 Å². The smallest absolute Gasteiger partial charge is 0.239 e. The first kappa shape index (κ1) is 25.4. The number of ketones is 1. The number of benzene rings is 2. The van der Waals surface area contributed by atoms with Crippen molar-refractivity contribution in [2.45, 2.75) is 32.1 Å². The summed E-state index contributed by atoms with van der Waals surface area (Å²) in [4.78, 5) is 32.2. The third-order valence-corrected chi connectivity index (χ3v) is 8.39. The minimum atomic E-state index is -0.224. The Bertz CT molecular complexity index is 1280. The van der Waals surface area contributed by atoms with Crippen LogP contribution in [0.2, 0.25) is 0 Å². The van der Waals surface area contributed by atoms with E-state index in [1.165, 1.54) is 22.3 Å². The number of aryl methyl sites for hydroxylation is 1. The highest BCUT2D eigenvalue weighted by molar-refractivity contribution is 7.17. The summed E-state index contributed by atoms with van der Waals surface area (Å²) in [6, 6.07) is 14.0. The Hall–Kier alpha value is -3.23. The maximum Gasteiger partial charge on any atom is 0.239 e. The van der Waals surface area contributed by atoms with E-state index in [0.717, 1.165) is 37.7 Å². The quantitative estimate of drug-likeness (QED) is 0.344. The number of hydrogen-bond acceptors (Lipinski definition) is 6. The number of rotatable bonds is 7. The van der Waals surface area contributed by atoms with Crippen LogP contribution in [0.1, 0.15) is 45.6 Å². The number of nitrogens with one attached hydrogen (secondary N) is 1. The summed E-state index contributed by atoms with van der Waals surface area (Å²) in [6.45, 7) is 2.86. The Morgan fingerprint density at radius 2 is 1.70 bits per heavy atom. The lowest BCUT2D eigenvalue weighted by Gasteiger charge is -2.35. The van der Waals surface area contributed by atoms with E-state index < -0.39 is 0 Å². The Morgan fingerprint density at radius 3 is 2.49 bits per heavy atom. The fraction of sp³-hybridized carbons (Fsp3) is 0.379. The number of piperazine rings is 1. The number of amides is 1. The molecule has 0 atom stereocenters. The minimum Gasteiger partial charge on any atom is -0.496 e. The van der Waals surface area contributed by atoms with E-state index in [1.54, 1.807) is 31.4 Å². The van der Waals surface area contributed by atoms with Crippen molar-refractivity contribution in [2.75, 3.05) is 50.1 Å². The maximum atomic E-state index is 14.2. The third kappa shape index (κ3) is 5.55. The lowest BCUT2D eigenvalue weighted by atomic mass is 9.97.